The standard InChI is InChI=1S/C23H13ClN2O2/c24-16-10-11-17-19(14-16)25-22-23(28,13-12-15-6-2-1-3-7-15)18-8-4-5-9-20(18)26(22)21(17)27/h1-11,14,28H. The Kier molecular flexibility index (Phi) is 3.63. The Labute approximate surface area is 165 Å². The molecular weight excluding hydrogens is 372 g/mol. The Balaban J connectivity index is 1.85. The first-order chi connectivity index (χ1) is 13.6. The van der Waals surface area contributed by atoms with Crippen LogP contribution in [-0.2, 0) is 5.60 Å². The summed E-state index contributed by atoms with van der Waals surface area (Å²) in [5.41, 5.74) is 0.333. The van der Waals surface area contributed by atoms with Crippen molar-refractivity contribution < 1.29 is 5.11 Å². The second-order valence-electron chi connectivity index (χ2n) is 6.58. The number of aliphatic hydroxyl groups is 1. The van der Waals surface area contributed by atoms with E-state index < -0.39 is 5.60 Å². The Morgan fingerprint density at radius 1 is 1.00 bits per heavy atom. The van der Waals surface area contributed by atoms with Gasteiger partial charge in [0.2, 0.25) is 5.60 Å². The van der Waals surface area contributed by atoms with Crippen LogP contribution in [0, 0.1) is 11.8 Å². The van der Waals surface area contributed by atoms with Crippen LogP contribution < -0.4 is 5.56 Å². The van der Waals surface area contributed by atoms with E-state index in [1.54, 1.807) is 30.3 Å². The second-order valence-corrected chi connectivity index (χ2v) is 7.02. The van der Waals surface area contributed by atoms with Crippen molar-refractivity contribution in [1.29, 1.82) is 0 Å². The van der Waals surface area contributed by atoms with E-state index in [9.17, 15) is 9.90 Å². The molecule has 0 amide bonds. The Morgan fingerprint density at radius 3 is 2.57 bits per heavy atom. The lowest BCUT2D eigenvalue weighted by atomic mass is 9.95. The van der Waals surface area contributed by atoms with Crippen LogP contribution in [0.1, 0.15) is 17.0 Å². The van der Waals surface area contributed by atoms with E-state index in [-0.39, 0.29) is 11.4 Å². The molecule has 0 saturated carbocycles. The Hall–Kier alpha value is -3.39. The van der Waals surface area contributed by atoms with Gasteiger partial charge < -0.3 is 5.11 Å². The maximum absolute atomic E-state index is 13.2. The lowest BCUT2D eigenvalue weighted by Crippen LogP contribution is -2.28. The van der Waals surface area contributed by atoms with Crippen LogP contribution in [0.2, 0.25) is 5.02 Å². The third-order valence-corrected chi connectivity index (χ3v) is 5.09. The number of para-hydroxylation sites is 1. The third-order valence-electron chi connectivity index (χ3n) is 4.85. The van der Waals surface area contributed by atoms with E-state index in [1.165, 1.54) is 4.57 Å². The molecule has 1 atom stereocenters. The SMILES string of the molecule is O=c1c2ccc(Cl)cc2nc2n1-c1ccccc1C2(O)C#Cc1ccccc1. The van der Waals surface area contributed by atoms with Gasteiger partial charge in [-0.3, -0.25) is 9.36 Å². The number of nitrogens with zero attached hydrogens (tertiary/aromatic N) is 2. The minimum atomic E-state index is -1.71. The zero-order chi connectivity index (χ0) is 19.3. The van der Waals surface area contributed by atoms with E-state index in [1.807, 2.05) is 42.5 Å². The van der Waals surface area contributed by atoms with Crippen LogP contribution in [0.3, 0.4) is 0 Å². The zero-order valence-electron chi connectivity index (χ0n) is 14.6. The predicted molar refractivity (Wildman–Crippen MR) is 109 cm³/mol. The van der Waals surface area contributed by atoms with Crippen molar-refractivity contribution in [1.82, 2.24) is 9.55 Å². The first kappa shape index (κ1) is 16.8. The summed E-state index contributed by atoms with van der Waals surface area (Å²) < 4.78 is 1.44. The molecule has 0 aliphatic carbocycles. The maximum atomic E-state index is 13.2. The quantitative estimate of drug-likeness (QED) is 0.471. The molecule has 1 aliphatic heterocycles. The van der Waals surface area contributed by atoms with E-state index >= 15 is 0 Å². The van der Waals surface area contributed by atoms with Crippen LogP contribution in [-0.4, -0.2) is 14.7 Å². The molecule has 134 valence electrons. The fourth-order valence-electron chi connectivity index (χ4n) is 3.53. The predicted octanol–water partition coefficient (Wildman–Crippen LogP) is 3.64. The molecule has 1 aliphatic rings. The molecule has 4 aromatic rings. The van der Waals surface area contributed by atoms with Gasteiger partial charge in [0.05, 0.1) is 16.6 Å². The largest absolute Gasteiger partial charge is 0.367 e. The molecule has 0 radical (unpaired) electrons. The molecule has 1 N–H and O–H groups in total. The second kappa shape index (κ2) is 6.07. The lowest BCUT2D eigenvalue weighted by molar-refractivity contribution is 0.141. The summed E-state index contributed by atoms with van der Waals surface area (Å²) in [6.07, 6.45) is 0. The van der Waals surface area contributed by atoms with Gasteiger partial charge in [0.15, 0.2) is 5.82 Å². The molecule has 5 heteroatoms. The summed E-state index contributed by atoms with van der Waals surface area (Å²) in [5.74, 6) is 6.13. The third kappa shape index (κ3) is 2.38. The van der Waals surface area contributed by atoms with Crippen LogP contribution in [0.4, 0.5) is 0 Å². The Bertz CT molecular complexity index is 1370. The molecule has 0 fully saturated rings. The highest BCUT2D eigenvalue weighted by Crippen LogP contribution is 2.39. The van der Waals surface area contributed by atoms with Crippen molar-refractivity contribution in [2.45, 2.75) is 5.60 Å². The van der Waals surface area contributed by atoms with Gasteiger partial charge in [-0.25, -0.2) is 4.98 Å². The van der Waals surface area contributed by atoms with Gasteiger partial charge >= 0.3 is 0 Å². The monoisotopic (exact) mass is 384 g/mol. The van der Waals surface area contributed by atoms with E-state index in [0.717, 1.165) is 5.56 Å². The van der Waals surface area contributed by atoms with Gasteiger partial charge in [-0.2, -0.15) is 0 Å². The van der Waals surface area contributed by atoms with Gasteiger partial charge in [0.25, 0.3) is 5.56 Å². The van der Waals surface area contributed by atoms with Crippen molar-refractivity contribution in [2.24, 2.45) is 0 Å². The van der Waals surface area contributed by atoms with Gasteiger partial charge in [-0.05, 0) is 42.3 Å². The fourth-order valence-corrected chi connectivity index (χ4v) is 3.69. The van der Waals surface area contributed by atoms with Gasteiger partial charge in [-0.15, -0.1) is 0 Å². The molecule has 28 heavy (non-hydrogen) atoms. The summed E-state index contributed by atoms with van der Waals surface area (Å²) in [6.45, 7) is 0. The molecule has 2 heterocycles. The lowest BCUT2D eigenvalue weighted by Gasteiger charge is -2.16. The summed E-state index contributed by atoms with van der Waals surface area (Å²) in [7, 11) is 0. The first-order valence-corrected chi connectivity index (χ1v) is 9.09. The normalized spacial score (nSPS) is 16.9. The molecule has 0 saturated heterocycles. The molecule has 4 nitrogen and oxygen atoms in total. The maximum Gasteiger partial charge on any atom is 0.266 e. The zero-order valence-corrected chi connectivity index (χ0v) is 15.3. The van der Waals surface area contributed by atoms with Crippen LogP contribution in [0.15, 0.2) is 77.6 Å². The smallest absolute Gasteiger partial charge is 0.266 e. The number of halogens is 1. The van der Waals surface area contributed by atoms with Crippen molar-refractivity contribution in [2.75, 3.05) is 0 Å². The first-order valence-electron chi connectivity index (χ1n) is 8.71. The molecule has 1 unspecified atom stereocenters. The van der Waals surface area contributed by atoms with Gasteiger partial charge in [0.1, 0.15) is 0 Å². The molecule has 1 aromatic heterocycles. The van der Waals surface area contributed by atoms with Gasteiger partial charge in [-0.1, -0.05) is 53.9 Å². The van der Waals surface area contributed by atoms with E-state index in [0.29, 0.717) is 27.2 Å². The average Bonchev–Trinajstić information content (AvgIpc) is 2.97. The number of hydrogen-bond donors (Lipinski definition) is 1. The number of fused-ring (bicyclic) bond motifs is 4. The molecule has 5 rings (SSSR count). The number of rotatable bonds is 0. The van der Waals surface area contributed by atoms with Crippen molar-refractivity contribution in [3.63, 3.8) is 0 Å². The van der Waals surface area contributed by atoms with Crippen molar-refractivity contribution in [3.05, 3.63) is 105 Å². The molecular formula is C23H13ClN2O2. The van der Waals surface area contributed by atoms with Crippen LogP contribution >= 0.6 is 11.6 Å². The molecule has 3 aromatic carbocycles. The highest BCUT2D eigenvalue weighted by molar-refractivity contribution is 6.31. The molecule has 0 bridgehead atoms. The minimum absolute atomic E-state index is 0.178. The highest BCUT2D eigenvalue weighted by atomic mass is 35.5. The number of hydrogen-bond acceptors (Lipinski definition) is 3. The highest BCUT2D eigenvalue weighted by Gasteiger charge is 2.43. The van der Waals surface area contributed by atoms with E-state index in [4.69, 9.17) is 11.6 Å². The van der Waals surface area contributed by atoms with Crippen molar-refractivity contribution in [3.8, 4) is 17.5 Å². The van der Waals surface area contributed by atoms with Crippen LogP contribution in [0.25, 0.3) is 16.6 Å². The topological polar surface area (TPSA) is 55.1 Å². The summed E-state index contributed by atoms with van der Waals surface area (Å²) in [5, 5.41) is 12.5. The summed E-state index contributed by atoms with van der Waals surface area (Å²) in [4.78, 5) is 17.8. The summed E-state index contributed by atoms with van der Waals surface area (Å²) in [6, 6.07) is 21.5. The number of benzene rings is 3. The van der Waals surface area contributed by atoms with E-state index in [2.05, 4.69) is 16.8 Å². The average molecular weight is 385 g/mol. The minimum Gasteiger partial charge on any atom is -0.367 e. The number of aromatic nitrogens is 2. The Morgan fingerprint density at radius 2 is 1.75 bits per heavy atom. The van der Waals surface area contributed by atoms with Gasteiger partial charge in [0, 0.05) is 16.1 Å². The van der Waals surface area contributed by atoms with Crippen LogP contribution in [0.5, 0.6) is 0 Å². The van der Waals surface area contributed by atoms with Crippen molar-refractivity contribution >= 4 is 22.5 Å². The molecule has 0 spiro atoms. The summed E-state index contributed by atoms with van der Waals surface area (Å²) >= 11 is 6.08. The fraction of sp³-hybridized carbons (Fsp3) is 0.0435.